The normalized spacial score (nSPS) is 11.5. The molecule has 1 aromatic heterocycles. The van der Waals surface area contributed by atoms with Crippen LogP contribution in [0.15, 0.2) is 24.3 Å². The van der Waals surface area contributed by atoms with Crippen molar-refractivity contribution in [2.45, 2.75) is 194 Å². The largest absolute Gasteiger partial charge is 0.481 e. The third-order valence-corrected chi connectivity index (χ3v) is 9.55. The van der Waals surface area contributed by atoms with Crippen molar-refractivity contribution in [3.63, 3.8) is 0 Å². The molecule has 2 aromatic rings. The number of carboxylic acids is 1. The van der Waals surface area contributed by atoms with E-state index in [1.165, 1.54) is 180 Å². The van der Waals surface area contributed by atoms with Gasteiger partial charge in [-0.3, -0.25) is 9.59 Å². The number of para-hydroxylation sites is 2. The van der Waals surface area contributed by atoms with Crippen LogP contribution in [0.25, 0.3) is 11.0 Å². The molecule has 1 unspecified atom stereocenters. The van der Waals surface area contributed by atoms with E-state index in [-0.39, 0.29) is 6.42 Å². The first kappa shape index (κ1) is 49.1. The van der Waals surface area contributed by atoms with Crippen molar-refractivity contribution >= 4 is 34.7 Å². The van der Waals surface area contributed by atoms with Crippen molar-refractivity contribution in [2.24, 2.45) is 0 Å². The second kappa shape index (κ2) is 37.8. The van der Waals surface area contributed by atoms with Gasteiger partial charge in [-0.15, -0.1) is 12.6 Å². The number of H-pyrrole nitrogens is 1. The smallest absolute Gasteiger partial charge is 0.304 e. The number of carbonyl (C=O) groups excluding carboxylic acids is 1. The molecular weight excluding hydrogens is 653 g/mol. The number of hydrogen-bond donors (Lipinski definition) is 5. The average Bonchev–Trinajstić information content (AvgIpc) is 3.56. The van der Waals surface area contributed by atoms with Gasteiger partial charge in [-0.25, -0.2) is 4.98 Å². The molecule has 2 rings (SSSR count). The Morgan fingerprint density at radius 1 is 0.608 bits per heavy atom. The number of nitrogens with zero attached hydrogens (tertiary/aromatic N) is 1. The number of aromatic amines is 1. The number of unbranched alkanes of at least 4 members (excludes halogenated alkanes) is 20. The van der Waals surface area contributed by atoms with Crippen molar-refractivity contribution in [3.8, 4) is 0 Å². The van der Waals surface area contributed by atoms with Crippen LogP contribution < -0.4 is 10.6 Å². The van der Waals surface area contributed by atoms with E-state index in [1.54, 1.807) is 6.07 Å². The summed E-state index contributed by atoms with van der Waals surface area (Å²) in [5.74, 6) is -1.56. The summed E-state index contributed by atoms with van der Waals surface area (Å²) in [6.07, 6.45) is 33.5. The molecule has 4 N–H and O–H groups in total. The first-order valence-corrected chi connectivity index (χ1v) is 21.7. The number of imidazole rings is 1. The number of fused-ring (bicyclic) bond motifs is 1. The summed E-state index contributed by atoms with van der Waals surface area (Å²) in [7, 11) is 0. The summed E-state index contributed by atoms with van der Waals surface area (Å²) < 4.78 is 0. The number of benzene rings is 1. The monoisotopic (exact) mass is 733 g/mol. The number of nitrogens with one attached hydrogen (secondary N) is 3. The zero-order valence-corrected chi connectivity index (χ0v) is 34.4. The van der Waals surface area contributed by atoms with Crippen LogP contribution in [0.1, 0.15) is 200 Å². The van der Waals surface area contributed by atoms with Crippen LogP contribution >= 0.6 is 12.6 Å². The molecule has 0 bridgehead atoms. The maximum Gasteiger partial charge on any atom is 0.304 e. The second-order valence-electron chi connectivity index (χ2n) is 14.2. The second-order valence-corrected chi connectivity index (χ2v) is 14.6. The van der Waals surface area contributed by atoms with Crippen LogP contribution in [0.3, 0.4) is 0 Å². The van der Waals surface area contributed by atoms with Crippen LogP contribution in [0.4, 0.5) is 0 Å². The molecule has 0 spiro atoms. The maximum absolute atomic E-state index is 11.3. The Kier molecular flexibility index (Phi) is 36.4. The Morgan fingerprint density at radius 3 is 1.29 bits per heavy atom. The van der Waals surface area contributed by atoms with Crippen LogP contribution in [-0.2, 0) is 9.59 Å². The van der Waals surface area contributed by atoms with Gasteiger partial charge in [0.1, 0.15) is 5.82 Å². The van der Waals surface area contributed by atoms with Crippen molar-refractivity contribution < 1.29 is 14.7 Å². The molecule has 1 aromatic carbocycles. The summed E-state index contributed by atoms with van der Waals surface area (Å²) >= 11 is 3.70. The molecule has 0 aliphatic rings. The molecule has 1 atom stereocenters. The molecule has 0 amide bonds. The van der Waals surface area contributed by atoms with Gasteiger partial charge >= 0.3 is 5.97 Å². The highest BCUT2D eigenvalue weighted by atomic mass is 32.1. The van der Waals surface area contributed by atoms with Gasteiger partial charge in [0.05, 0.1) is 23.4 Å². The van der Waals surface area contributed by atoms with Crippen LogP contribution in [0.2, 0.25) is 0 Å². The molecule has 51 heavy (non-hydrogen) atoms. The summed E-state index contributed by atoms with van der Waals surface area (Å²) in [4.78, 5) is 29.1. The highest BCUT2D eigenvalue weighted by molar-refractivity contribution is 7.96. The van der Waals surface area contributed by atoms with E-state index >= 15 is 0 Å². The zero-order valence-electron chi connectivity index (χ0n) is 33.6. The first-order chi connectivity index (χ1) is 24.9. The lowest BCUT2D eigenvalue weighted by molar-refractivity contribution is -0.138. The standard InChI is InChI=1S/2C16H35N.C11H10N2O3S/c2*1-3-5-7-9-11-13-15-17-16-14-12-10-8-6-4-2;14-9(15)5-6(11(16)17)10-12-7-3-1-2-4-8(7)13-10/h2*17H,3-16H2,1-2H3;1-4,6H,5H2,(H,12,13)(H,14,15)(H,16,17). The zero-order chi connectivity index (χ0) is 37.6. The minimum atomic E-state index is -1.06. The molecule has 0 saturated carbocycles. The first-order valence-electron chi connectivity index (χ1n) is 21.2. The molecule has 0 aliphatic carbocycles. The van der Waals surface area contributed by atoms with E-state index in [0.717, 1.165) is 5.52 Å². The highest BCUT2D eigenvalue weighted by Crippen LogP contribution is 2.22. The maximum atomic E-state index is 11.3. The Balaban J connectivity index is 0.000000735. The van der Waals surface area contributed by atoms with Crippen LogP contribution in [0, 0.1) is 0 Å². The van der Waals surface area contributed by atoms with Crippen molar-refractivity contribution in [3.05, 3.63) is 30.1 Å². The van der Waals surface area contributed by atoms with Gasteiger partial charge in [-0.1, -0.05) is 168 Å². The molecule has 0 radical (unpaired) electrons. The minimum Gasteiger partial charge on any atom is -0.481 e. The summed E-state index contributed by atoms with van der Waals surface area (Å²) in [5.41, 5.74) is 1.47. The number of thiol groups is 1. The Labute approximate surface area is 319 Å². The van der Waals surface area contributed by atoms with Crippen molar-refractivity contribution in [2.75, 3.05) is 26.2 Å². The van der Waals surface area contributed by atoms with E-state index in [1.807, 2.05) is 18.2 Å². The fraction of sp³-hybridized carbons (Fsp3) is 0.791. The van der Waals surface area contributed by atoms with E-state index < -0.39 is 17.0 Å². The summed E-state index contributed by atoms with van der Waals surface area (Å²) in [5, 5.41) is 15.4. The fourth-order valence-corrected chi connectivity index (χ4v) is 6.20. The summed E-state index contributed by atoms with van der Waals surface area (Å²) in [6.45, 7) is 14.1. The van der Waals surface area contributed by atoms with E-state index in [0.29, 0.717) is 11.3 Å². The number of hydrogen-bond acceptors (Lipinski definition) is 5. The molecule has 0 saturated heterocycles. The van der Waals surface area contributed by atoms with Gasteiger partial charge < -0.3 is 20.7 Å². The number of carboxylic acid groups (broad SMARTS) is 1. The lowest BCUT2D eigenvalue weighted by Gasteiger charge is -2.06. The van der Waals surface area contributed by atoms with Gasteiger partial charge in [0.15, 0.2) is 5.12 Å². The number of rotatable bonds is 32. The van der Waals surface area contributed by atoms with Gasteiger partial charge in [-0.05, 0) is 64.0 Å². The Bertz CT molecular complexity index is 956. The highest BCUT2D eigenvalue weighted by Gasteiger charge is 2.24. The molecule has 296 valence electrons. The van der Waals surface area contributed by atoms with Gasteiger partial charge in [0.25, 0.3) is 0 Å². The summed E-state index contributed by atoms with van der Waals surface area (Å²) in [6, 6.07) is 7.25. The van der Waals surface area contributed by atoms with Crippen molar-refractivity contribution in [1.82, 2.24) is 20.6 Å². The minimum absolute atomic E-state index is 0.317. The Hall–Kier alpha value is -1.90. The third kappa shape index (κ3) is 31.4. The van der Waals surface area contributed by atoms with E-state index in [2.05, 4.69) is 60.9 Å². The van der Waals surface area contributed by atoms with Gasteiger partial charge in [0, 0.05) is 0 Å². The van der Waals surface area contributed by atoms with Gasteiger partial charge in [-0.2, -0.15) is 0 Å². The molecule has 0 fully saturated rings. The molecule has 7 nitrogen and oxygen atoms in total. The number of aromatic nitrogens is 2. The average molecular weight is 733 g/mol. The third-order valence-electron chi connectivity index (χ3n) is 9.24. The number of carbonyl (C=O) groups is 2. The van der Waals surface area contributed by atoms with Crippen molar-refractivity contribution in [1.29, 1.82) is 0 Å². The fourth-order valence-electron chi connectivity index (χ4n) is 5.98. The predicted molar refractivity (Wildman–Crippen MR) is 224 cm³/mol. The topological polar surface area (TPSA) is 107 Å². The molecule has 8 heteroatoms. The van der Waals surface area contributed by atoms with Crippen LogP contribution in [0.5, 0.6) is 0 Å². The van der Waals surface area contributed by atoms with Crippen LogP contribution in [-0.4, -0.2) is 52.3 Å². The molecule has 1 heterocycles. The van der Waals surface area contributed by atoms with E-state index in [4.69, 9.17) is 5.11 Å². The number of aliphatic carboxylic acids is 1. The molecule has 0 aliphatic heterocycles. The Morgan fingerprint density at radius 2 is 0.961 bits per heavy atom. The SMILES string of the molecule is CCCCCCCCNCCCCCCCC.CCCCCCCCNCCCCCCCC.O=C(O)CC(C(=O)S)c1nc2ccccc2[nH]1. The molecular formula is C43H80N4O3S. The van der Waals surface area contributed by atoms with E-state index in [9.17, 15) is 9.59 Å². The predicted octanol–water partition coefficient (Wildman–Crippen LogP) is 12.2. The lowest BCUT2D eigenvalue weighted by Crippen LogP contribution is -2.16. The van der Waals surface area contributed by atoms with Gasteiger partial charge in [0.2, 0.25) is 0 Å². The quantitative estimate of drug-likeness (QED) is 0.0379. The lowest BCUT2D eigenvalue weighted by atomic mass is 10.1.